The summed E-state index contributed by atoms with van der Waals surface area (Å²) in [5.41, 5.74) is 1.05. The number of aromatic nitrogens is 1. The molecule has 1 N–H and O–H groups in total. The maximum Gasteiger partial charge on any atom is 0.117 e. The number of furan rings is 1. The van der Waals surface area contributed by atoms with E-state index in [9.17, 15) is 0 Å². The molecular weight excluding hydrogens is 244 g/mol. The van der Waals surface area contributed by atoms with Crippen LogP contribution in [0.2, 0.25) is 0 Å². The summed E-state index contributed by atoms with van der Waals surface area (Å²) in [5, 5.41) is 5.82. The number of nitrogens with one attached hydrogen (secondary N) is 1. The summed E-state index contributed by atoms with van der Waals surface area (Å²) in [7, 11) is 0. The second-order valence-corrected chi connectivity index (χ2v) is 5.13. The molecule has 18 heavy (non-hydrogen) atoms. The van der Waals surface area contributed by atoms with Gasteiger partial charge in [-0.1, -0.05) is 12.1 Å². The molecule has 3 rings (SSSR count). The van der Waals surface area contributed by atoms with Crippen LogP contribution in [0.4, 0.5) is 5.00 Å². The molecule has 0 fully saturated rings. The van der Waals surface area contributed by atoms with Gasteiger partial charge in [0, 0.05) is 17.8 Å². The standard InChI is InChI=1S/C14H14N2OS/c1-10(9-11-5-4-8-17-11)15-14-12-6-2-3-7-13(12)16-18-14/h2-8,10,15H,9H2,1H3. The lowest BCUT2D eigenvalue weighted by Gasteiger charge is -2.12. The zero-order chi connectivity index (χ0) is 12.4. The van der Waals surface area contributed by atoms with Crippen LogP contribution in [0.15, 0.2) is 47.1 Å². The fourth-order valence-corrected chi connectivity index (χ4v) is 2.87. The Morgan fingerprint density at radius 3 is 3.00 bits per heavy atom. The van der Waals surface area contributed by atoms with Gasteiger partial charge in [0.05, 0.1) is 11.8 Å². The lowest BCUT2D eigenvalue weighted by molar-refractivity contribution is 0.498. The summed E-state index contributed by atoms with van der Waals surface area (Å²) in [4.78, 5) is 0. The van der Waals surface area contributed by atoms with Crippen molar-refractivity contribution < 1.29 is 4.42 Å². The van der Waals surface area contributed by atoms with Crippen molar-refractivity contribution in [3.63, 3.8) is 0 Å². The van der Waals surface area contributed by atoms with Gasteiger partial charge in [-0.15, -0.1) is 0 Å². The average molecular weight is 258 g/mol. The van der Waals surface area contributed by atoms with Gasteiger partial charge in [0.1, 0.15) is 10.8 Å². The highest BCUT2D eigenvalue weighted by Crippen LogP contribution is 2.28. The number of hydrogen-bond acceptors (Lipinski definition) is 4. The molecule has 0 aliphatic rings. The molecule has 0 radical (unpaired) electrons. The molecule has 3 nitrogen and oxygen atoms in total. The third kappa shape index (κ3) is 2.24. The van der Waals surface area contributed by atoms with Crippen LogP contribution >= 0.6 is 11.5 Å². The van der Waals surface area contributed by atoms with Crippen LogP contribution in [-0.2, 0) is 6.42 Å². The number of fused-ring (bicyclic) bond motifs is 1. The first-order chi connectivity index (χ1) is 8.83. The predicted molar refractivity (Wildman–Crippen MR) is 75.1 cm³/mol. The molecule has 2 aromatic heterocycles. The lowest BCUT2D eigenvalue weighted by Crippen LogP contribution is -2.17. The van der Waals surface area contributed by atoms with Crippen molar-refractivity contribution in [3.05, 3.63) is 48.4 Å². The molecule has 0 spiro atoms. The van der Waals surface area contributed by atoms with E-state index >= 15 is 0 Å². The molecule has 0 aliphatic carbocycles. The van der Waals surface area contributed by atoms with Crippen molar-refractivity contribution in [2.45, 2.75) is 19.4 Å². The molecule has 1 unspecified atom stereocenters. The van der Waals surface area contributed by atoms with E-state index in [1.807, 2.05) is 30.3 Å². The zero-order valence-corrected chi connectivity index (χ0v) is 10.9. The second-order valence-electron chi connectivity index (χ2n) is 4.36. The van der Waals surface area contributed by atoms with Gasteiger partial charge in [0.2, 0.25) is 0 Å². The Hall–Kier alpha value is -1.81. The van der Waals surface area contributed by atoms with Crippen molar-refractivity contribution in [2.24, 2.45) is 0 Å². The van der Waals surface area contributed by atoms with Gasteiger partial charge in [-0.25, -0.2) is 0 Å². The van der Waals surface area contributed by atoms with Crippen LogP contribution in [-0.4, -0.2) is 10.4 Å². The Morgan fingerprint density at radius 1 is 1.28 bits per heavy atom. The first-order valence-corrected chi connectivity index (χ1v) is 6.73. The van der Waals surface area contributed by atoms with Gasteiger partial charge in [0.25, 0.3) is 0 Å². The number of benzene rings is 1. The minimum absolute atomic E-state index is 0.319. The molecule has 0 bridgehead atoms. The SMILES string of the molecule is CC(Cc1ccco1)Nc1snc2ccccc12. The van der Waals surface area contributed by atoms with Gasteiger partial charge in [-0.05, 0) is 42.7 Å². The fraction of sp³-hybridized carbons (Fsp3) is 0.214. The predicted octanol–water partition coefficient (Wildman–Crippen LogP) is 3.93. The Morgan fingerprint density at radius 2 is 2.17 bits per heavy atom. The molecule has 2 heterocycles. The van der Waals surface area contributed by atoms with Crippen molar-refractivity contribution >= 4 is 27.4 Å². The maximum absolute atomic E-state index is 5.36. The number of nitrogens with zero attached hydrogens (tertiary/aromatic N) is 1. The lowest BCUT2D eigenvalue weighted by atomic mass is 10.2. The first kappa shape index (κ1) is 11.3. The highest BCUT2D eigenvalue weighted by molar-refractivity contribution is 7.11. The van der Waals surface area contributed by atoms with Crippen LogP contribution in [0.25, 0.3) is 10.9 Å². The molecule has 1 aromatic carbocycles. The summed E-state index contributed by atoms with van der Waals surface area (Å²) in [6, 6.07) is 12.4. The van der Waals surface area contributed by atoms with Crippen LogP contribution in [0.3, 0.4) is 0 Å². The van der Waals surface area contributed by atoms with Gasteiger partial charge in [0.15, 0.2) is 0 Å². The van der Waals surface area contributed by atoms with E-state index in [1.54, 1.807) is 6.26 Å². The number of hydrogen-bond donors (Lipinski definition) is 1. The third-order valence-corrected chi connectivity index (χ3v) is 3.66. The van der Waals surface area contributed by atoms with Gasteiger partial charge < -0.3 is 9.73 Å². The Bertz CT molecular complexity index is 630. The van der Waals surface area contributed by atoms with Crippen LogP contribution in [0.5, 0.6) is 0 Å². The normalized spacial score (nSPS) is 12.7. The molecule has 0 saturated heterocycles. The smallest absolute Gasteiger partial charge is 0.117 e. The topological polar surface area (TPSA) is 38.1 Å². The van der Waals surface area contributed by atoms with Gasteiger partial charge in [-0.2, -0.15) is 4.37 Å². The maximum atomic E-state index is 5.36. The molecule has 0 saturated carbocycles. The van der Waals surface area contributed by atoms with E-state index in [0.717, 1.165) is 22.7 Å². The van der Waals surface area contributed by atoms with E-state index in [1.165, 1.54) is 16.9 Å². The average Bonchev–Trinajstić information content (AvgIpc) is 3.00. The van der Waals surface area contributed by atoms with E-state index < -0.39 is 0 Å². The van der Waals surface area contributed by atoms with Crippen LogP contribution < -0.4 is 5.32 Å². The summed E-state index contributed by atoms with van der Waals surface area (Å²) in [6.45, 7) is 2.15. The Labute approximate surface area is 110 Å². The summed E-state index contributed by atoms with van der Waals surface area (Å²) in [6.07, 6.45) is 2.59. The van der Waals surface area contributed by atoms with E-state index in [4.69, 9.17) is 4.42 Å². The molecular formula is C14H14N2OS. The molecule has 3 aromatic rings. The summed E-state index contributed by atoms with van der Waals surface area (Å²) >= 11 is 1.51. The largest absolute Gasteiger partial charge is 0.469 e. The monoisotopic (exact) mass is 258 g/mol. The van der Waals surface area contributed by atoms with E-state index in [-0.39, 0.29) is 0 Å². The highest BCUT2D eigenvalue weighted by atomic mass is 32.1. The van der Waals surface area contributed by atoms with E-state index in [2.05, 4.69) is 22.7 Å². The van der Waals surface area contributed by atoms with Crippen molar-refractivity contribution in [3.8, 4) is 0 Å². The Balaban J connectivity index is 1.76. The number of rotatable bonds is 4. The van der Waals surface area contributed by atoms with E-state index in [0.29, 0.717) is 6.04 Å². The quantitative estimate of drug-likeness (QED) is 0.770. The zero-order valence-electron chi connectivity index (χ0n) is 10.1. The third-order valence-electron chi connectivity index (χ3n) is 2.85. The van der Waals surface area contributed by atoms with Crippen molar-refractivity contribution in [2.75, 3.05) is 5.32 Å². The van der Waals surface area contributed by atoms with Gasteiger partial charge in [-0.3, -0.25) is 0 Å². The summed E-state index contributed by atoms with van der Waals surface area (Å²) in [5.74, 6) is 1.00. The summed E-state index contributed by atoms with van der Waals surface area (Å²) < 4.78 is 9.78. The molecule has 92 valence electrons. The molecule has 4 heteroatoms. The van der Waals surface area contributed by atoms with Crippen molar-refractivity contribution in [1.82, 2.24) is 4.37 Å². The second kappa shape index (κ2) is 4.82. The first-order valence-electron chi connectivity index (χ1n) is 5.96. The fourth-order valence-electron chi connectivity index (χ4n) is 2.00. The minimum atomic E-state index is 0.319. The van der Waals surface area contributed by atoms with Crippen LogP contribution in [0.1, 0.15) is 12.7 Å². The molecule has 1 atom stereocenters. The number of anilines is 1. The molecule has 0 amide bonds. The highest BCUT2D eigenvalue weighted by Gasteiger charge is 2.10. The van der Waals surface area contributed by atoms with Crippen molar-refractivity contribution in [1.29, 1.82) is 0 Å². The van der Waals surface area contributed by atoms with Gasteiger partial charge >= 0.3 is 0 Å². The van der Waals surface area contributed by atoms with Crippen LogP contribution in [0, 0.1) is 0 Å². The Kier molecular flexibility index (Phi) is 3.02. The molecule has 0 aliphatic heterocycles. The minimum Gasteiger partial charge on any atom is -0.469 e.